The first-order chi connectivity index (χ1) is 14.6. The molecule has 4 aromatic rings. The third-order valence-corrected chi connectivity index (χ3v) is 5.78. The minimum Gasteiger partial charge on any atom is -0.321 e. The quantitative estimate of drug-likeness (QED) is 0.380. The molecule has 0 saturated heterocycles. The van der Waals surface area contributed by atoms with Gasteiger partial charge in [0.2, 0.25) is 10.0 Å². The van der Waals surface area contributed by atoms with E-state index in [0.29, 0.717) is 27.8 Å². The summed E-state index contributed by atoms with van der Waals surface area (Å²) in [6.07, 6.45) is 2.36. The second kappa shape index (κ2) is 7.90. The second-order valence-electron chi connectivity index (χ2n) is 7.14. The Bertz CT molecular complexity index is 1490. The van der Waals surface area contributed by atoms with E-state index in [4.69, 9.17) is 9.79 Å². The van der Waals surface area contributed by atoms with E-state index in [1.54, 1.807) is 24.3 Å². The summed E-state index contributed by atoms with van der Waals surface area (Å²) in [5.74, 6) is 0.804. The first-order valence-electron chi connectivity index (χ1n) is 9.24. The Balaban J connectivity index is 2.01. The highest BCUT2D eigenvalue weighted by Crippen LogP contribution is 2.38. The van der Waals surface area contributed by atoms with Gasteiger partial charge in [0.15, 0.2) is 0 Å². The molecule has 0 aliphatic heterocycles. The maximum Gasteiger partial charge on any atom is 0.349 e. The van der Waals surface area contributed by atoms with Crippen LogP contribution in [0.15, 0.2) is 72.5 Å². The lowest BCUT2D eigenvalue weighted by Gasteiger charge is -2.13. The third kappa shape index (κ3) is 5.00. The van der Waals surface area contributed by atoms with E-state index in [9.17, 15) is 13.0 Å². The van der Waals surface area contributed by atoms with Crippen LogP contribution in [0.2, 0.25) is 0 Å². The van der Waals surface area contributed by atoms with Crippen LogP contribution in [-0.4, -0.2) is 29.4 Å². The summed E-state index contributed by atoms with van der Waals surface area (Å²) in [6, 6.07) is 20.4. The first-order valence-corrected chi connectivity index (χ1v) is 12.8. The zero-order chi connectivity index (χ0) is 22.2. The van der Waals surface area contributed by atoms with E-state index in [1.165, 1.54) is 6.08 Å². The Kier molecular flexibility index (Phi) is 5.41. The van der Waals surface area contributed by atoms with Crippen molar-refractivity contribution in [2.75, 3.05) is 11.0 Å². The molecule has 1 aromatic heterocycles. The summed E-state index contributed by atoms with van der Waals surface area (Å²) >= 11 is 0. The maximum atomic E-state index is 11.8. The summed E-state index contributed by atoms with van der Waals surface area (Å²) in [5.41, 5.74) is 2.93. The van der Waals surface area contributed by atoms with E-state index in [2.05, 4.69) is 9.71 Å². The number of benzene rings is 3. The Hall–Kier alpha value is -3.03. The van der Waals surface area contributed by atoms with Crippen LogP contribution in [0.4, 0.5) is 5.69 Å². The van der Waals surface area contributed by atoms with Crippen LogP contribution in [0, 0.1) is 0 Å². The third-order valence-electron chi connectivity index (χ3n) is 4.64. The highest BCUT2D eigenvalue weighted by Gasteiger charge is 2.14. The van der Waals surface area contributed by atoms with Crippen molar-refractivity contribution in [3.05, 3.63) is 78.2 Å². The van der Waals surface area contributed by atoms with E-state index in [-0.39, 0.29) is 0 Å². The normalized spacial score (nSPS) is 12.6. The minimum atomic E-state index is -4.32. The fraction of sp³-hybridized carbons (Fsp3) is 0.0455. The molecule has 0 spiro atoms. The standard InChI is InChI=1S/C22H19N2O5PS/c1-31(28,29)24-18-13-16-9-10-17(11-12-30(25,26)27)23-22(16)21(14-18)20-8-4-6-15-5-2-3-7-19(15)20/h2-14,24H,1H3,(H2,25,26,27)/b12-11+. The fourth-order valence-electron chi connectivity index (χ4n) is 3.46. The monoisotopic (exact) mass is 454 g/mol. The van der Waals surface area contributed by atoms with Crippen LogP contribution >= 0.6 is 7.60 Å². The molecule has 158 valence electrons. The Labute approximate surface area is 179 Å². The maximum absolute atomic E-state index is 11.8. The molecule has 0 aliphatic rings. The zero-order valence-corrected chi connectivity index (χ0v) is 18.1. The Morgan fingerprint density at radius 3 is 2.42 bits per heavy atom. The van der Waals surface area contributed by atoms with Crippen molar-refractivity contribution in [3.63, 3.8) is 0 Å². The lowest BCUT2D eigenvalue weighted by Crippen LogP contribution is -2.09. The molecule has 9 heteroatoms. The van der Waals surface area contributed by atoms with Gasteiger partial charge in [0.05, 0.1) is 17.5 Å². The van der Waals surface area contributed by atoms with Gasteiger partial charge < -0.3 is 9.79 Å². The van der Waals surface area contributed by atoms with Gasteiger partial charge in [-0.15, -0.1) is 0 Å². The summed E-state index contributed by atoms with van der Waals surface area (Å²) in [4.78, 5) is 22.8. The van der Waals surface area contributed by atoms with Crippen LogP contribution in [0.3, 0.4) is 0 Å². The van der Waals surface area contributed by atoms with E-state index >= 15 is 0 Å². The van der Waals surface area contributed by atoms with Gasteiger partial charge >= 0.3 is 7.60 Å². The lowest BCUT2D eigenvalue weighted by atomic mass is 9.95. The zero-order valence-electron chi connectivity index (χ0n) is 16.4. The number of hydrogen-bond acceptors (Lipinski definition) is 4. The van der Waals surface area contributed by atoms with Gasteiger partial charge in [0.1, 0.15) is 0 Å². The summed E-state index contributed by atoms with van der Waals surface area (Å²) < 4.78 is 37.4. The Morgan fingerprint density at radius 2 is 1.68 bits per heavy atom. The van der Waals surface area contributed by atoms with Crippen molar-refractivity contribution in [1.82, 2.24) is 4.98 Å². The number of sulfonamides is 1. The smallest absolute Gasteiger partial charge is 0.321 e. The average molecular weight is 454 g/mol. The number of aromatic nitrogens is 1. The van der Waals surface area contributed by atoms with Crippen LogP contribution in [-0.2, 0) is 14.6 Å². The van der Waals surface area contributed by atoms with Crippen LogP contribution in [0.1, 0.15) is 5.69 Å². The number of nitrogens with zero attached hydrogens (tertiary/aromatic N) is 1. The van der Waals surface area contributed by atoms with Gasteiger partial charge in [-0.25, -0.2) is 13.4 Å². The highest BCUT2D eigenvalue weighted by atomic mass is 32.2. The van der Waals surface area contributed by atoms with Gasteiger partial charge in [-0.2, -0.15) is 0 Å². The molecule has 0 aliphatic carbocycles. The number of anilines is 1. The summed E-state index contributed by atoms with van der Waals surface area (Å²) in [5, 5.41) is 2.68. The first kappa shape index (κ1) is 21.2. The van der Waals surface area contributed by atoms with Crippen LogP contribution < -0.4 is 4.72 Å². The molecule has 7 nitrogen and oxygen atoms in total. The molecule has 3 aromatic carbocycles. The van der Waals surface area contributed by atoms with Crippen LogP contribution in [0.25, 0.3) is 38.9 Å². The molecule has 3 N–H and O–H groups in total. The molecule has 0 fully saturated rings. The molecule has 1 heterocycles. The van der Waals surface area contributed by atoms with Gasteiger partial charge in [0.25, 0.3) is 0 Å². The van der Waals surface area contributed by atoms with Crippen LogP contribution in [0.5, 0.6) is 0 Å². The molecule has 4 rings (SSSR count). The number of rotatable bonds is 5. The number of nitrogens with one attached hydrogen (secondary N) is 1. The summed E-state index contributed by atoms with van der Waals surface area (Å²) in [7, 11) is -7.81. The van der Waals surface area contributed by atoms with E-state index < -0.39 is 17.6 Å². The largest absolute Gasteiger partial charge is 0.349 e. The van der Waals surface area contributed by atoms with Crippen molar-refractivity contribution in [1.29, 1.82) is 0 Å². The number of pyridine rings is 1. The number of hydrogen-bond donors (Lipinski definition) is 3. The second-order valence-corrected chi connectivity index (χ2v) is 10.4. The average Bonchev–Trinajstić information content (AvgIpc) is 2.69. The van der Waals surface area contributed by atoms with Crippen molar-refractivity contribution < 1.29 is 22.8 Å². The minimum absolute atomic E-state index is 0.376. The molecule has 0 saturated carbocycles. The predicted molar refractivity (Wildman–Crippen MR) is 124 cm³/mol. The molecular weight excluding hydrogens is 435 g/mol. The topological polar surface area (TPSA) is 117 Å². The lowest BCUT2D eigenvalue weighted by molar-refractivity contribution is 0.386. The van der Waals surface area contributed by atoms with Gasteiger partial charge in [0, 0.05) is 22.5 Å². The van der Waals surface area contributed by atoms with Crippen molar-refractivity contribution in [2.45, 2.75) is 0 Å². The highest BCUT2D eigenvalue weighted by molar-refractivity contribution is 7.92. The van der Waals surface area contributed by atoms with Gasteiger partial charge in [-0.05, 0) is 40.6 Å². The fourth-order valence-corrected chi connectivity index (χ4v) is 4.35. The van der Waals surface area contributed by atoms with E-state index in [0.717, 1.165) is 28.4 Å². The molecule has 0 amide bonds. The van der Waals surface area contributed by atoms with E-state index in [1.807, 2.05) is 42.5 Å². The summed E-state index contributed by atoms with van der Waals surface area (Å²) in [6.45, 7) is 0. The Morgan fingerprint density at radius 1 is 0.935 bits per heavy atom. The molecule has 0 atom stereocenters. The number of fused-ring (bicyclic) bond motifs is 2. The van der Waals surface area contributed by atoms with Crippen molar-refractivity contribution in [2.24, 2.45) is 0 Å². The SMILES string of the molecule is CS(=O)(=O)Nc1cc(-c2cccc3ccccc23)c2nc(/C=C/P(=O)(O)O)ccc2c1. The molecule has 31 heavy (non-hydrogen) atoms. The van der Waals surface area contributed by atoms with Crippen molar-refractivity contribution in [3.8, 4) is 11.1 Å². The molecular formula is C22H19N2O5PS. The van der Waals surface area contributed by atoms with Gasteiger partial charge in [-0.3, -0.25) is 9.29 Å². The molecule has 0 radical (unpaired) electrons. The van der Waals surface area contributed by atoms with Gasteiger partial charge in [-0.1, -0.05) is 48.5 Å². The molecule has 0 unspecified atom stereocenters. The van der Waals surface area contributed by atoms with Crippen molar-refractivity contribution >= 4 is 51.1 Å². The molecule has 0 bridgehead atoms. The predicted octanol–water partition coefficient (Wildman–Crippen LogP) is 4.57.